The Balaban J connectivity index is 2.33. The van der Waals surface area contributed by atoms with Crippen LogP contribution in [0.15, 0.2) is 18.3 Å². The Morgan fingerprint density at radius 1 is 1.47 bits per heavy atom. The summed E-state index contributed by atoms with van der Waals surface area (Å²) in [4.78, 5) is 15.7. The normalized spacial score (nSPS) is 10.9. The highest BCUT2D eigenvalue weighted by molar-refractivity contribution is 7.80. The lowest BCUT2D eigenvalue weighted by Crippen LogP contribution is -2.23. The second-order valence-corrected chi connectivity index (χ2v) is 5.85. The fourth-order valence-electron chi connectivity index (χ4n) is 1.20. The molecule has 0 atom stereocenters. The van der Waals surface area contributed by atoms with Gasteiger partial charge in [-0.25, -0.2) is 4.98 Å². The minimum absolute atomic E-state index is 0.139. The number of nitrogens with zero attached hydrogens (tertiary/aromatic N) is 1. The highest BCUT2D eigenvalue weighted by atomic mass is 35.5. The zero-order chi connectivity index (χ0) is 14.5. The summed E-state index contributed by atoms with van der Waals surface area (Å²) in [7, 11) is 0. The zero-order valence-electron chi connectivity index (χ0n) is 11.2. The van der Waals surface area contributed by atoms with Gasteiger partial charge >= 0.3 is 0 Å². The van der Waals surface area contributed by atoms with Gasteiger partial charge in [-0.1, -0.05) is 32.4 Å². The SMILES string of the molecule is CC(C)(C)C(=O)CCOC(=S)Nc1ccc(Cl)cn1. The van der Waals surface area contributed by atoms with Gasteiger partial charge in [-0.15, -0.1) is 0 Å². The second-order valence-electron chi connectivity index (χ2n) is 5.05. The number of thiocarbonyl (C=S) groups is 1. The maximum atomic E-state index is 11.7. The van der Waals surface area contributed by atoms with Gasteiger partial charge in [0.05, 0.1) is 11.6 Å². The Morgan fingerprint density at radius 3 is 2.68 bits per heavy atom. The van der Waals surface area contributed by atoms with Crippen molar-refractivity contribution in [3.05, 3.63) is 23.4 Å². The van der Waals surface area contributed by atoms with Crippen molar-refractivity contribution in [2.75, 3.05) is 11.9 Å². The molecule has 1 aromatic heterocycles. The Morgan fingerprint density at radius 2 is 2.16 bits per heavy atom. The zero-order valence-corrected chi connectivity index (χ0v) is 12.8. The standard InChI is InChI=1S/C13H17ClN2O2S/c1-13(2,3)10(17)6-7-18-12(19)16-11-5-4-9(14)8-15-11/h4-5,8H,6-7H2,1-3H3,(H,15,16,19). The Bertz CT molecular complexity index is 455. The van der Waals surface area contributed by atoms with E-state index in [2.05, 4.69) is 10.3 Å². The summed E-state index contributed by atoms with van der Waals surface area (Å²) in [6, 6.07) is 3.39. The molecule has 0 saturated heterocycles. The van der Waals surface area contributed by atoms with Crippen molar-refractivity contribution in [1.82, 2.24) is 4.98 Å². The molecule has 19 heavy (non-hydrogen) atoms. The van der Waals surface area contributed by atoms with E-state index in [4.69, 9.17) is 28.6 Å². The van der Waals surface area contributed by atoms with Gasteiger partial charge in [0.1, 0.15) is 11.6 Å². The molecule has 0 aromatic carbocycles. The predicted molar refractivity (Wildman–Crippen MR) is 80.5 cm³/mol. The van der Waals surface area contributed by atoms with E-state index in [9.17, 15) is 4.79 Å². The molecular weight excluding hydrogens is 284 g/mol. The van der Waals surface area contributed by atoms with Gasteiger partial charge in [0.2, 0.25) is 0 Å². The quantitative estimate of drug-likeness (QED) is 0.863. The van der Waals surface area contributed by atoms with E-state index < -0.39 is 0 Å². The van der Waals surface area contributed by atoms with E-state index in [1.165, 1.54) is 6.20 Å². The van der Waals surface area contributed by atoms with Crippen molar-refractivity contribution < 1.29 is 9.53 Å². The first-order valence-corrected chi connectivity index (χ1v) is 6.66. The van der Waals surface area contributed by atoms with E-state index in [0.29, 0.717) is 17.3 Å². The molecule has 1 N–H and O–H groups in total. The Labute approximate surface area is 123 Å². The number of carbonyl (C=O) groups is 1. The molecule has 6 heteroatoms. The van der Waals surface area contributed by atoms with Crippen LogP contribution in [0.4, 0.5) is 5.82 Å². The van der Waals surface area contributed by atoms with Crippen LogP contribution in [0.1, 0.15) is 27.2 Å². The van der Waals surface area contributed by atoms with Crippen molar-refractivity contribution in [1.29, 1.82) is 0 Å². The number of ketones is 1. The number of ether oxygens (including phenoxy) is 1. The van der Waals surface area contributed by atoms with Gasteiger partial charge in [-0.3, -0.25) is 4.79 Å². The summed E-state index contributed by atoms with van der Waals surface area (Å²) < 4.78 is 5.27. The number of carbonyl (C=O) groups excluding carboxylic acids is 1. The first-order chi connectivity index (χ1) is 8.79. The topological polar surface area (TPSA) is 51.2 Å². The molecule has 4 nitrogen and oxygen atoms in total. The minimum atomic E-state index is -0.351. The van der Waals surface area contributed by atoms with E-state index in [0.717, 1.165) is 0 Å². The van der Waals surface area contributed by atoms with Crippen LogP contribution < -0.4 is 5.32 Å². The molecule has 0 amide bonds. The summed E-state index contributed by atoms with van der Waals surface area (Å²) in [6.07, 6.45) is 1.84. The third-order valence-corrected chi connectivity index (χ3v) is 2.80. The molecular formula is C13H17ClN2O2S. The fourth-order valence-corrected chi connectivity index (χ4v) is 1.50. The number of hydrogen-bond acceptors (Lipinski definition) is 4. The fraction of sp³-hybridized carbons (Fsp3) is 0.462. The number of nitrogens with one attached hydrogen (secondary N) is 1. The van der Waals surface area contributed by atoms with Gasteiger partial charge in [0, 0.05) is 18.0 Å². The second kappa shape index (κ2) is 6.82. The van der Waals surface area contributed by atoms with Gasteiger partial charge in [-0.05, 0) is 24.4 Å². The van der Waals surface area contributed by atoms with Crippen molar-refractivity contribution in [3.8, 4) is 0 Å². The summed E-state index contributed by atoms with van der Waals surface area (Å²) >= 11 is 10.7. The van der Waals surface area contributed by atoms with Gasteiger partial charge in [0.25, 0.3) is 5.17 Å². The van der Waals surface area contributed by atoms with Crippen LogP contribution in [0, 0.1) is 5.41 Å². The average Bonchev–Trinajstić information content (AvgIpc) is 2.31. The van der Waals surface area contributed by atoms with Crippen LogP contribution >= 0.6 is 23.8 Å². The van der Waals surface area contributed by atoms with Crippen molar-refractivity contribution in [2.24, 2.45) is 5.41 Å². The maximum absolute atomic E-state index is 11.7. The number of anilines is 1. The molecule has 1 aromatic rings. The largest absolute Gasteiger partial charge is 0.470 e. The first-order valence-electron chi connectivity index (χ1n) is 5.87. The molecule has 0 spiro atoms. The van der Waals surface area contributed by atoms with Crippen LogP contribution in [0.2, 0.25) is 5.02 Å². The van der Waals surface area contributed by atoms with Gasteiger partial charge < -0.3 is 10.1 Å². The molecule has 0 aliphatic heterocycles. The summed E-state index contributed by atoms with van der Waals surface area (Å²) in [5.74, 6) is 0.691. The molecule has 0 unspecified atom stereocenters. The number of aromatic nitrogens is 1. The highest BCUT2D eigenvalue weighted by Gasteiger charge is 2.20. The summed E-state index contributed by atoms with van der Waals surface area (Å²) in [5, 5.41) is 3.55. The van der Waals surface area contributed by atoms with Crippen LogP contribution in [-0.2, 0) is 9.53 Å². The molecule has 1 rings (SSSR count). The monoisotopic (exact) mass is 300 g/mol. The first kappa shape index (κ1) is 15.9. The Hall–Kier alpha value is -1.20. The predicted octanol–water partition coefficient (Wildman–Crippen LogP) is 3.45. The summed E-state index contributed by atoms with van der Waals surface area (Å²) in [6.45, 7) is 5.89. The van der Waals surface area contributed by atoms with Gasteiger partial charge in [-0.2, -0.15) is 0 Å². The molecule has 0 aliphatic carbocycles. The van der Waals surface area contributed by atoms with Crippen LogP contribution in [0.5, 0.6) is 0 Å². The smallest absolute Gasteiger partial charge is 0.262 e. The lowest BCUT2D eigenvalue weighted by Gasteiger charge is -2.16. The molecule has 0 fully saturated rings. The molecule has 0 aliphatic rings. The minimum Gasteiger partial charge on any atom is -0.470 e. The number of rotatable bonds is 4. The lowest BCUT2D eigenvalue weighted by atomic mass is 9.89. The van der Waals surface area contributed by atoms with E-state index in [1.807, 2.05) is 20.8 Å². The third kappa shape index (κ3) is 5.98. The number of halogens is 1. The number of Topliss-reactive ketones (excluding diaryl/α,β-unsaturated/α-hetero) is 1. The summed E-state index contributed by atoms with van der Waals surface area (Å²) in [5.41, 5.74) is -0.351. The molecule has 1 heterocycles. The number of hydrogen-bond donors (Lipinski definition) is 1. The third-order valence-electron chi connectivity index (χ3n) is 2.36. The maximum Gasteiger partial charge on any atom is 0.262 e. The molecule has 0 radical (unpaired) electrons. The van der Waals surface area contributed by atoms with E-state index >= 15 is 0 Å². The van der Waals surface area contributed by atoms with Crippen LogP contribution in [0.25, 0.3) is 0 Å². The molecule has 0 bridgehead atoms. The highest BCUT2D eigenvalue weighted by Crippen LogP contribution is 2.16. The number of pyridine rings is 1. The average molecular weight is 301 g/mol. The lowest BCUT2D eigenvalue weighted by molar-refractivity contribution is -0.126. The van der Waals surface area contributed by atoms with Crippen molar-refractivity contribution >= 4 is 40.6 Å². The van der Waals surface area contributed by atoms with Crippen molar-refractivity contribution in [2.45, 2.75) is 27.2 Å². The van der Waals surface area contributed by atoms with Crippen molar-refractivity contribution in [3.63, 3.8) is 0 Å². The van der Waals surface area contributed by atoms with E-state index in [-0.39, 0.29) is 23.0 Å². The Kier molecular flexibility index (Phi) is 5.69. The molecule has 0 saturated carbocycles. The van der Waals surface area contributed by atoms with Crippen LogP contribution in [-0.4, -0.2) is 22.5 Å². The van der Waals surface area contributed by atoms with E-state index in [1.54, 1.807) is 12.1 Å². The van der Waals surface area contributed by atoms with Crippen LogP contribution in [0.3, 0.4) is 0 Å². The molecule has 104 valence electrons. The van der Waals surface area contributed by atoms with Gasteiger partial charge in [0.15, 0.2) is 0 Å².